The normalized spacial score (nSPS) is 10.4. The number of nitrogens with zero attached hydrogens (tertiary/aromatic N) is 1. The fourth-order valence-electron chi connectivity index (χ4n) is 2.27. The molecule has 26 heavy (non-hydrogen) atoms. The summed E-state index contributed by atoms with van der Waals surface area (Å²) < 4.78 is 18.1. The minimum atomic E-state index is -0.494. The zero-order valence-corrected chi connectivity index (χ0v) is 14.7. The molecule has 0 saturated carbocycles. The summed E-state index contributed by atoms with van der Waals surface area (Å²) in [5.74, 6) is -1.35. The van der Waals surface area contributed by atoms with Gasteiger partial charge < -0.3 is 4.74 Å². The van der Waals surface area contributed by atoms with Gasteiger partial charge in [0.05, 0.1) is 12.3 Å². The van der Waals surface area contributed by atoms with Gasteiger partial charge in [-0.3, -0.25) is 10.1 Å². The van der Waals surface area contributed by atoms with E-state index in [2.05, 4.69) is 10.3 Å². The Morgan fingerprint density at radius 2 is 1.81 bits per heavy atom. The highest BCUT2D eigenvalue weighted by molar-refractivity contribution is 7.18. The Morgan fingerprint density at radius 3 is 2.46 bits per heavy atom. The molecule has 1 aromatic heterocycles. The lowest BCUT2D eigenvalue weighted by molar-refractivity contribution is 0.0532. The highest BCUT2D eigenvalue weighted by Crippen LogP contribution is 2.32. The van der Waals surface area contributed by atoms with E-state index in [-0.39, 0.29) is 11.7 Å². The second kappa shape index (κ2) is 7.88. The summed E-state index contributed by atoms with van der Waals surface area (Å²) in [4.78, 5) is 29.2. The minimum absolute atomic E-state index is 0.238. The Morgan fingerprint density at radius 1 is 1.12 bits per heavy atom. The number of hydrogen-bond acceptors (Lipinski definition) is 5. The number of benzene rings is 2. The fraction of sp³-hybridized carbons (Fsp3) is 0.105. The molecule has 0 fully saturated rings. The van der Waals surface area contributed by atoms with Crippen LogP contribution in [-0.2, 0) is 4.74 Å². The minimum Gasteiger partial charge on any atom is -0.462 e. The average molecular weight is 370 g/mol. The lowest BCUT2D eigenvalue weighted by Crippen LogP contribution is -2.11. The number of esters is 1. The molecule has 3 aromatic rings. The SMILES string of the molecule is CCOC(=O)c1sc(NC(=O)c2ccc(F)cc2)nc1-c1ccccc1. The number of carbonyl (C=O) groups excluding carboxylic acids is 2. The molecule has 132 valence electrons. The monoisotopic (exact) mass is 370 g/mol. The van der Waals surface area contributed by atoms with Crippen molar-refractivity contribution >= 4 is 28.3 Å². The first kappa shape index (κ1) is 17.8. The Balaban J connectivity index is 1.91. The van der Waals surface area contributed by atoms with Crippen LogP contribution in [-0.4, -0.2) is 23.5 Å². The van der Waals surface area contributed by atoms with E-state index in [0.29, 0.717) is 16.1 Å². The molecule has 5 nitrogen and oxygen atoms in total. The molecule has 7 heteroatoms. The first-order valence-electron chi connectivity index (χ1n) is 7.88. The molecule has 1 heterocycles. The Bertz CT molecular complexity index is 924. The van der Waals surface area contributed by atoms with Crippen LogP contribution in [0.25, 0.3) is 11.3 Å². The quantitative estimate of drug-likeness (QED) is 0.677. The number of nitrogens with one attached hydrogen (secondary N) is 1. The summed E-state index contributed by atoms with van der Waals surface area (Å²) in [7, 11) is 0. The molecule has 0 saturated heterocycles. The summed E-state index contributed by atoms with van der Waals surface area (Å²) in [5, 5.41) is 2.91. The van der Waals surface area contributed by atoms with Gasteiger partial charge in [-0.2, -0.15) is 0 Å². The van der Waals surface area contributed by atoms with Gasteiger partial charge >= 0.3 is 5.97 Å². The molecular weight excluding hydrogens is 355 g/mol. The summed E-state index contributed by atoms with van der Waals surface area (Å²) in [6.45, 7) is 1.96. The van der Waals surface area contributed by atoms with Crippen molar-refractivity contribution in [2.24, 2.45) is 0 Å². The standard InChI is InChI=1S/C19H15FN2O3S/c1-2-25-18(24)16-15(12-6-4-3-5-7-12)21-19(26-16)22-17(23)13-8-10-14(20)11-9-13/h3-11H,2H2,1H3,(H,21,22,23). The van der Waals surface area contributed by atoms with E-state index in [1.54, 1.807) is 6.92 Å². The fourth-order valence-corrected chi connectivity index (χ4v) is 3.15. The third-order valence-electron chi connectivity index (χ3n) is 3.46. The van der Waals surface area contributed by atoms with Crippen molar-refractivity contribution in [2.75, 3.05) is 11.9 Å². The number of amides is 1. The van der Waals surface area contributed by atoms with Crippen LogP contribution in [0.3, 0.4) is 0 Å². The van der Waals surface area contributed by atoms with Crippen LogP contribution in [0, 0.1) is 5.82 Å². The van der Waals surface area contributed by atoms with Gasteiger partial charge in [-0.15, -0.1) is 0 Å². The number of anilines is 1. The van der Waals surface area contributed by atoms with Gasteiger partial charge in [0.1, 0.15) is 10.7 Å². The first-order valence-corrected chi connectivity index (χ1v) is 8.70. The highest BCUT2D eigenvalue weighted by Gasteiger charge is 2.21. The van der Waals surface area contributed by atoms with Crippen molar-refractivity contribution in [1.29, 1.82) is 0 Å². The van der Waals surface area contributed by atoms with E-state index in [1.807, 2.05) is 30.3 Å². The van der Waals surface area contributed by atoms with Crippen molar-refractivity contribution in [3.8, 4) is 11.3 Å². The molecular formula is C19H15FN2O3S. The van der Waals surface area contributed by atoms with E-state index >= 15 is 0 Å². The molecule has 0 aliphatic carbocycles. The Kier molecular flexibility index (Phi) is 5.38. The predicted octanol–water partition coefficient (Wildman–Crippen LogP) is 4.38. The van der Waals surface area contributed by atoms with Crippen LogP contribution in [0.1, 0.15) is 27.0 Å². The second-order valence-electron chi connectivity index (χ2n) is 5.24. The summed E-state index contributed by atoms with van der Waals surface area (Å²) >= 11 is 1.04. The molecule has 0 bridgehead atoms. The maximum absolute atomic E-state index is 13.0. The first-order chi connectivity index (χ1) is 12.6. The van der Waals surface area contributed by atoms with Crippen molar-refractivity contribution in [1.82, 2.24) is 4.98 Å². The zero-order valence-electron chi connectivity index (χ0n) is 13.9. The molecule has 1 amide bonds. The topological polar surface area (TPSA) is 68.3 Å². The molecule has 0 atom stereocenters. The summed E-state index contributed by atoms with van der Waals surface area (Å²) in [6, 6.07) is 14.3. The highest BCUT2D eigenvalue weighted by atomic mass is 32.1. The van der Waals surface area contributed by atoms with Gasteiger partial charge in [-0.25, -0.2) is 14.2 Å². The number of ether oxygens (including phenoxy) is 1. The van der Waals surface area contributed by atoms with Crippen molar-refractivity contribution in [2.45, 2.75) is 6.92 Å². The van der Waals surface area contributed by atoms with Gasteiger partial charge in [0.15, 0.2) is 5.13 Å². The molecule has 0 radical (unpaired) electrons. The van der Waals surface area contributed by atoms with Crippen molar-refractivity contribution in [3.05, 3.63) is 70.9 Å². The van der Waals surface area contributed by atoms with Gasteiger partial charge in [0.25, 0.3) is 5.91 Å². The summed E-state index contributed by atoms with van der Waals surface area (Å²) in [5.41, 5.74) is 1.48. The lowest BCUT2D eigenvalue weighted by Gasteiger charge is -2.01. The molecule has 2 aromatic carbocycles. The maximum atomic E-state index is 13.0. The molecule has 0 spiro atoms. The van der Waals surface area contributed by atoms with E-state index in [9.17, 15) is 14.0 Å². The second-order valence-corrected chi connectivity index (χ2v) is 6.24. The van der Waals surface area contributed by atoms with E-state index in [1.165, 1.54) is 24.3 Å². The summed E-state index contributed by atoms with van der Waals surface area (Å²) in [6.07, 6.45) is 0. The van der Waals surface area contributed by atoms with E-state index < -0.39 is 17.7 Å². The number of aromatic nitrogens is 1. The Hall–Kier alpha value is -3.06. The largest absolute Gasteiger partial charge is 0.462 e. The lowest BCUT2D eigenvalue weighted by atomic mass is 10.1. The number of hydrogen-bond donors (Lipinski definition) is 1. The molecule has 1 N–H and O–H groups in total. The van der Waals surface area contributed by atoms with Crippen LogP contribution in [0.15, 0.2) is 54.6 Å². The maximum Gasteiger partial charge on any atom is 0.350 e. The third-order valence-corrected chi connectivity index (χ3v) is 4.41. The average Bonchev–Trinajstić information content (AvgIpc) is 3.07. The molecule has 0 unspecified atom stereocenters. The van der Waals surface area contributed by atoms with Crippen LogP contribution in [0.4, 0.5) is 9.52 Å². The van der Waals surface area contributed by atoms with Crippen LogP contribution in [0.5, 0.6) is 0 Å². The smallest absolute Gasteiger partial charge is 0.350 e. The predicted molar refractivity (Wildman–Crippen MR) is 97.9 cm³/mol. The molecule has 3 rings (SSSR count). The van der Waals surface area contributed by atoms with Crippen LogP contribution < -0.4 is 5.32 Å². The van der Waals surface area contributed by atoms with Gasteiger partial charge in [0, 0.05) is 11.1 Å². The van der Waals surface area contributed by atoms with Crippen molar-refractivity contribution in [3.63, 3.8) is 0 Å². The van der Waals surface area contributed by atoms with Gasteiger partial charge in [0.2, 0.25) is 0 Å². The number of thiazole rings is 1. The molecule has 0 aliphatic heterocycles. The number of carbonyl (C=O) groups is 2. The van der Waals surface area contributed by atoms with E-state index in [0.717, 1.165) is 16.9 Å². The zero-order chi connectivity index (χ0) is 18.5. The van der Waals surface area contributed by atoms with Crippen LogP contribution in [0.2, 0.25) is 0 Å². The molecule has 0 aliphatic rings. The van der Waals surface area contributed by atoms with Gasteiger partial charge in [-0.1, -0.05) is 41.7 Å². The van der Waals surface area contributed by atoms with E-state index in [4.69, 9.17) is 4.74 Å². The third kappa shape index (κ3) is 3.94. The number of rotatable bonds is 5. The van der Waals surface area contributed by atoms with Crippen LogP contribution >= 0.6 is 11.3 Å². The Labute approximate surface area is 153 Å². The number of halogens is 1. The van der Waals surface area contributed by atoms with Crippen molar-refractivity contribution < 1.29 is 18.7 Å². The van der Waals surface area contributed by atoms with Gasteiger partial charge in [-0.05, 0) is 31.2 Å².